The van der Waals surface area contributed by atoms with E-state index in [9.17, 15) is 4.79 Å². The molecule has 0 bridgehead atoms. The van der Waals surface area contributed by atoms with Crippen molar-refractivity contribution in [3.63, 3.8) is 0 Å². The van der Waals surface area contributed by atoms with Gasteiger partial charge in [-0.2, -0.15) is 0 Å². The molecule has 0 saturated carbocycles. The number of ether oxygens (including phenoxy) is 1. The summed E-state index contributed by atoms with van der Waals surface area (Å²) in [6, 6.07) is 8.31. The molecule has 0 spiro atoms. The first-order chi connectivity index (χ1) is 11.1. The van der Waals surface area contributed by atoms with Gasteiger partial charge in [-0.3, -0.25) is 4.79 Å². The first kappa shape index (κ1) is 20.4. The summed E-state index contributed by atoms with van der Waals surface area (Å²) in [6.07, 6.45) is 1.33. The van der Waals surface area contributed by atoms with E-state index in [0.29, 0.717) is 13.1 Å². The molecule has 0 saturated heterocycles. The summed E-state index contributed by atoms with van der Waals surface area (Å²) in [6.45, 7) is 15.1. The van der Waals surface area contributed by atoms with Crippen molar-refractivity contribution in [1.82, 2.24) is 4.90 Å². The van der Waals surface area contributed by atoms with Gasteiger partial charge in [0.1, 0.15) is 0 Å². The molecule has 0 aliphatic carbocycles. The van der Waals surface area contributed by atoms with E-state index in [1.54, 1.807) is 4.90 Å². The van der Waals surface area contributed by atoms with Crippen LogP contribution in [0.25, 0.3) is 0 Å². The lowest BCUT2D eigenvalue weighted by molar-refractivity contribution is -0.132. The highest BCUT2D eigenvalue weighted by molar-refractivity contribution is 5.87. The second kappa shape index (κ2) is 8.45. The molecule has 1 amide bonds. The third kappa shape index (κ3) is 6.46. The van der Waals surface area contributed by atoms with Crippen LogP contribution < -0.4 is 0 Å². The standard InChI is InChI=1S/C20H31NO3/c1-7-18(23)21(15-20(5,6)24-12-11-22)14-16-9-8-10-17(13-16)19(2,3)4/h7-10,13,22H,1,11-12,14-15H2,2-6H3. The Bertz CT molecular complexity index is 558. The Labute approximate surface area is 146 Å². The Morgan fingerprint density at radius 1 is 1.29 bits per heavy atom. The zero-order valence-electron chi connectivity index (χ0n) is 15.6. The molecule has 1 aromatic carbocycles. The minimum absolute atomic E-state index is 0.0353. The van der Waals surface area contributed by atoms with Crippen molar-refractivity contribution in [3.8, 4) is 0 Å². The van der Waals surface area contributed by atoms with E-state index >= 15 is 0 Å². The van der Waals surface area contributed by atoms with Crippen LogP contribution in [0.2, 0.25) is 0 Å². The number of benzene rings is 1. The van der Waals surface area contributed by atoms with Gasteiger partial charge in [-0.15, -0.1) is 0 Å². The Kier molecular flexibility index (Phi) is 7.18. The predicted molar refractivity (Wildman–Crippen MR) is 97.9 cm³/mol. The van der Waals surface area contributed by atoms with Gasteiger partial charge in [-0.25, -0.2) is 0 Å². The largest absolute Gasteiger partial charge is 0.394 e. The number of carbonyl (C=O) groups is 1. The summed E-state index contributed by atoms with van der Waals surface area (Å²) < 4.78 is 5.64. The monoisotopic (exact) mass is 333 g/mol. The fourth-order valence-electron chi connectivity index (χ4n) is 2.52. The smallest absolute Gasteiger partial charge is 0.246 e. The lowest BCUT2D eigenvalue weighted by Gasteiger charge is -2.32. The number of rotatable bonds is 8. The highest BCUT2D eigenvalue weighted by Gasteiger charge is 2.25. The fraction of sp³-hybridized carbons (Fsp3) is 0.550. The third-order valence-electron chi connectivity index (χ3n) is 3.81. The number of amides is 1. The van der Waals surface area contributed by atoms with Gasteiger partial charge in [-0.05, 0) is 36.5 Å². The summed E-state index contributed by atoms with van der Waals surface area (Å²) in [5.74, 6) is -0.128. The molecular formula is C20H31NO3. The Morgan fingerprint density at radius 2 is 1.96 bits per heavy atom. The van der Waals surface area contributed by atoms with Crippen LogP contribution in [0.4, 0.5) is 0 Å². The van der Waals surface area contributed by atoms with Crippen LogP contribution in [-0.4, -0.2) is 41.3 Å². The van der Waals surface area contributed by atoms with Gasteiger partial charge in [0.25, 0.3) is 0 Å². The summed E-state index contributed by atoms with van der Waals surface area (Å²) in [4.78, 5) is 14.0. The highest BCUT2D eigenvalue weighted by Crippen LogP contribution is 2.24. The topological polar surface area (TPSA) is 49.8 Å². The molecule has 0 radical (unpaired) electrons. The second-order valence-corrected chi connectivity index (χ2v) is 7.68. The lowest BCUT2D eigenvalue weighted by Crippen LogP contribution is -2.43. The molecule has 0 aliphatic rings. The SMILES string of the molecule is C=CC(=O)N(Cc1cccc(C(C)(C)C)c1)CC(C)(C)OCCO. The molecule has 0 atom stereocenters. The molecule has 0 unspecified atom stereocenters. The normalized spacial score (nSPS) is 12.1. The lowest BCUT2D eigenvalue weighted by atomic mass is 9.86. The van der Waals surface area contributed by atoms with Gasteiger partial charge >= 0.3 is 0 Å². The molecule has 24 heavy (non-hydrogen) atoms. The van der Waals surface area contributed by atoms with Crippen LogP contribution in [0.1, 0.15) is 45.7 Å². The quantitative estimate of drug-likeness (QED) is 0.743. The maximum absolute atomic E-state index is 12.3. The first-order valence-electron chi connectivity index (χ1n) is 8.34. The van der Waals surface area contributed by atoms with E-state index in [1.807, 2.05) is 26.0 Å². The highest BCUT2D eigenvalue weighted by atomic mass is 16.5. The van der Waals surface area contributed by atoms with Crippen molar-refractivity contribution >= 4 is 5.91 Å². The summed E-state index contributed by atoms with van der Waals surface area (Å²) in [5, 5.41) is 8.94. The molecule has 0 fully saturated rings. The van der Waals surface area contributed by atoms with Gasteiger partial charge in [0.2, 0.25) is 5.91 Å². The molecular weight excluding hydrogens is 302 g/mol. The fourth-order valence-corrected chi connectivity index (χ4v) is 2.52. The van der Waals surface area contributed by atoms with E-state index < -0.39 is 5.60 Å². The van der Waals surface area contributed by atoms with E-state index in [0.717, 1.165) is 5.56 Å². The molecule has 1 aromatic rings. The maximum Gasteiger partial charge on any atom is 0.246 e. The number of nitrogens with zero attached hydrogens (tertiary/aromatic N) is 1. The van der Waals surface area contributed by atoms with Gasteiger partial charge in [-0.1, -0.05) is 51.6 Å². The molecule has 134 valence electrons. The Balaban J connectivity index is 2.95. The number of carbonyl (C=O) groups excluding carboxylic acids is 1. The molecule has 4 nitrogen and oxygen atoms in total. The van der Waals surface area contributed by atoms with Crippen LogP contribution >= 0.6 is 0 Å². The van der Waals surface area contributed by atoms with Crippen molar-refractivity contribution in [2.24, 2.45) is 0 Å². The zero-order chi connectivity index (χ0) is 18.4. The number of aliphatic hydroxyl groups is 1. The molecule has 4 heteroatoms. The molecule has 0 aliphatic heterocycles. The number of hydrogen-bond donors (Lipinski definition) is 1. The Morgan fingerprint density at radius 3 is 2.50 bits per heavy atom. The number of aliphatic hydroxyl groups excluding tert-OH is 1. The van der Waals surface area contributed by atoms with Crippen molar-refractivity contribution < 1.29 is 14.6 Å². The third-order valence-corrected chi connectivity index (χ3v) is 3.81. The van der Waals surface area contributed by atoms with Crippen molar-refractivity contribution in [3.05, 3.63) is 48.0 Å². The second-order valence-electron chi connectivity index (χ2n) is 7.68. The van der Waals surface area contributed by atoms with Crippen LogP contribution in [0.3, 0.4) is 0 Å². The van der Waals surface area contributed by atoms with E-state index in [2.05, 4.69) is 39.5 Å². The van der Waals surface area contributed by atoms with Gasteiger partial charge < -0.3 is 14.7 Å². The van der Waals surface area contributed by atoms with Crippen molar-refractivity contribution in [2.45, 2.75) is 52.2 Å². The minimum Gasteiger partial charge on any atom is -0.394 e. The van der Waals surface area contributed by atoms with E-state index in [4.69, 9.17) is 9.84 Å². The first-order valence-corrected chi connectivity index (χ1v) is 8.34. The van der Waals surface area contributed by atoms with Gasteiger partial charge in [0.05, 0.1) is 18.8 Å². The molecule has 0 heterocycles. The van der Waals surface area contributed by atoms with Crippen LogP contribution in [0, 0.1) is 0 Å². The van der Waals surface area contributed by atoms with Crippen LogP contribution in [0.5, 0.6) is 0 Å². The average Bonchev–Trinajstić information content (AvgIpc) is 2.51. The summed E-state index contributed by atoms with van der Waals surface area (Å²) in [7, 11) is 0. The van der Waals surface area contributed by atoms with Gasteiger partial charge in [0, 0.05) is 13.1 Å². The Hall–Kier alpha value is -1.65. The number of hydrogen-bond acceptors (Lipinski definition) is 3. The predicted octanol–water partition coefficient (Wildman–Crippen LogP) is 3.29. The molecule has 1 rings (SSSR count). The summed E-state index contributed by atoms with van der Waals surface area (Å²) >= 11 is 0. The molecule has 0 aromatic heterocycles. The van der Waals surface area contributed by atoms with Crippen LogP contribution in [-0.2, 0) is 21.5 Å². The van der Waals surface area contributed by atoms with Crippen LogP contribution in [0.15, 0.2) is 36.9 Å². The molecule has 1 N–H and O–H groups in total. The van der Waals surface area contributed by atoms with E-state index in [-0.39, 0.29) is 24.5 Å². The summed E-state index contributed by atoms with van der Waals surface area (Å²) in [5.41, 5.74) is 1.84. The van der Waals surface area contributed by atoms with Crippen molar-refractivity contribution in [1.29, 1.82) is 0 Å². The van der Waals surface area contributed by atoms with Gasteiger partial charge in [0.15, 0.2) is 0 Å². The van der Waals surface area contributed by atoms with Crippen molar-refractivity contribution in [2.75, 3.05) is 19.8 Å². The zero-order valence-corrected chi connectivity index (χ0v) is 15.6. The minimum atomic E-state index is -0.539. The van der Waals surface area contributed by atoms with E-state index in [1.165, 1.54) is 11.6 Å². The maximum atomic E-state index is 12.3. The average molecular weight is 333 g/mol.